The lowest BCUT2D eigenvalue weighted by Gasteiger charge is -2.34. The molecule has 2 aromatic carbocycles. The van der Waals surface area contributed by atoms with Crippen molar-refractivity contribution in [3.8, 4) is 0 Å². The Bertz CT molecular complexity index is 1100. The van der Waals surface area contributed by atoms with Gasteiger partial charge >= 0.3 is 0 Å². The predicted molar refractivity (Wildman–Crippen MR) is 120 cm³/mol. The molecule has 2 aliphatic rings. The minimum Gasteiger partial charge on any atom is -0.291 e. The van der Waals surface area contributed by atoms with Gasteiger partial charge in [0.1, 0.15) is 0 Å². The first-order valence-electron chi connectivity index (χ1n) is 10.2. The summed E-state index contributed by atoms with van der Waals surface area (Å²) in [5.41, 5.74) is 2.55. The van der Waals surface area contributed by atoms with Gasteiger partial charge in [-0.3, -0.25) is 14.5 Å². The van der Waals surface area contributed by atoms with E-state index in [4.69, 9.17) is 16.6 Å². The molecule has 2 fully saturated rings. The average Bonchev–Trinajstić information content (AvgIpc) is 3.31. The van der Waals surface area contributed by atoms with Gasteiger partial charge in [0.2, 0.25) is 5.91 Å². The number of para-hydroxylation sites is 1. The van der Waals surface area contributed by atoms with Crippen LogP contribution in [0.2, 0.25) is 5.02 Å². The molecular weight excluding hydrogens is 418 g/mol. The third-order valence-corrected chi connectivity index (χ3v) is 7.77. The maximum Gasteiger partial charge on any atom is 0.251 e. The Morgan fingerprint density at radius 1 is 1.10 bits per heavy atom. The summed E-state index contributed by atoms with van der Waals surface area (Å²) in [5.74, 6) is 0.120. The first-order valence-corrected chi connectivity index (χ1v) is 11.4. The van der Waals surface area contributed by atoms with Crippen LogP contribution in [0.15, 0.2) is 42.5 Å². The van der Waals surface area contributed by atoms with Crippen molar-refractivity contribution in [2.24, 2.45) is 0 Å². The maximum absolute atomic E-state index is 13.1. The van der Waals surface area contributed by atoms with Crippen LogP contribution in [-0.2, 0) is 9.59 Å². The molecule has 5 rings (SSSR count). The van der Waals surface area contributed by atoms with Crippen molar-refractivity contribution >= 4 is 50.7 Å². The number of thiazole rings is 1. The number of benzene rings is 2. The standard InChI is InChI=1S/C23H22ClN3O2S/c1-14-6-7-16(12-17(14)24)27-21(28)13-19(23(27)29)26-10-8-15(9-11-26)22-25-18-4-2-3-5-20(18)30-22/h2-7,12,15,19H,8-11,13H2,1H3/t19-/m0/s1. The van der Waals surface area contributed by atoms with Gasteiger partial charge in [0, 0.05) is 10.9 Å². The Labute approximate surface area is 184 Å². The van der Waals surface area contributed by atoms with Crippen LogP contribution >= 0.6 is 22.9 Å². The molecule has 154 valence electrons. The molecule has 3 aromatic rings. The number of aromatic nitrogens is 1. The maximum atomic E-state index is 13.1. The van der Waals surface area contributed by atoms with Gasteiger partial charge in [-0.05, 0) is 62.7 Å². The van der Waals surface area contributed by atoms with Crippen molar-refractivity contribution in [1.82, 2.24) is 9.88 Å². The minimum atomic E-state index is -0.381. The highest BCUT2D eigenvalue weighted by atomic mass is 35.5. The second kappa shape index (κ2) is 7.76. The van der Waals surface area contributed by atoms with E-state index in [0.29, 0.717) is 16.6 Å². The molecule has 2 amide bonds. The molecule has 2 aliphatic heterocycles. The number of likely N-dealkylation sites (tertiary alicyclic amines) is 1. The normalized spacial score (nSPS) is 21.1. The van der Waals surface area contributed by atoms with Crippen molar-refractivity contribution in [2.75, 3.05) is 18.0 Å². The lowest BCUT2D eigenvalue weighted by Crippen LogP contribution is -2.45. The Morgan fingerprint density at radius 2 is 1.87 bits per heavy atom. The summed E-state index contributed by atoms with van der Waals surface area (Å²) >= 11 is 7.98. The van der Waals surface area contributed by atoms with Gasteiger partial charge in [0.05, 0.1) is 33.4 Å². The average molecular weight is 440 g/mol. The SMILES string of the molecule is Cc1ccc(N2C(=O)C[C@H](N3CCC(c4nc5ccccc5s4)CC3)C2=O)cc1Cl. The second-order valence-corrected chi connectivity index (χ2v) is 9.52. The number of carbonyl (C=O) groups excluding carboxylic acids is 2. The molecule has 1 atom stereocenters. The molecule has 0 spiro atoms. The number of nitrogens with zero attached hydrogens (tertiary/aromatic N) is 3. The molecular formula is C23H22ClN3O2S. The van der Waals surface area contributed by atoms with Gasteiger partial charge in [-0.15, -0.1) is 11.3 Å². The summed E-state index contributed by atoms with van der Waals surface area (Å²) in [7, 11) is 0. The molecule has 1 aromatic heterocycles. The third-order valence-electron chi connectivity index (χ3n) is 6.17. The highest BCUT2D eigenvalue weighted by Gasteiger charge is 2.43. The smallest absolute Gasteiger partial charge is 0.251 e. The topological polar surface area (TPSA) is 53.5 Å². The van der Waals surface area contributed by atoms with Crippen LogP contribution < -0.4 is 4.90 Å². The minimum absolute atomic E-state index is 0.140. The zero-order valence-corrected chi connectivity index (χ0v) is 18.2. The van der Waals surface area contributed by atoms with Gasteiger partial charge in [-0.1, -0.05) is 29.8 Å². The van der Waals surface area contributed by atoms with E-state index in [0.717, 1.165) is 37.0 Å². The number of aryl methyl sites for hydroxylation is 1. The van der Waals surface area contributed by atoms with Crippen LogP contribution in [0.5, 0.6) is 0 Å². The first kappa shape index (κ1) is 19.7. The van der Waals surface area contributed by atoms with E-state index in [9.17, 15) is 9.59 Å². The quantitative estimate of drug-likeness (QED) is 0.551. The highest BCUT2D eigenvalue weighted by Crippen LogP contribution is 2.36. The fourth-order valence-corrected chi connectivity index (χ4v) is 5.73. The fraction of sp³-hybridized carbons (Fsp3) is 0.348. The Morgan fingerprint density at radius 3 is 2.60 bits per heavy atom. The zero-order valence-electron chi connectivity index (χ0n) is 16.7. The monoisotopic (exact) mass is 439 g/mol. The largest absolute Gasteiger partial charge is 0.291 e. The second-order valence-electron chi connectivity index (χ2n) is 8.05. The van der Waals surface area contributed by atoms with Gasteiger partial charge in [-0.2, -0.15) is 0 Å². The van der Waals surface area contributed by atoms with Crippen molar-refractivity contribution in [3.05, 3.63) is 58.1 Å². The summed E-state index contributed by atoms with van der Waals surface area (Å²) in [6.07, 6.45) is 2.14. The highest BCUT2D eigenvalue weighted by molar-refractivity contribution is 7.18. The first-order chi connectivity index (χ1) is 14.5. The molecule has 5 nitrogen and oxygen atoms in total. The summed E-state index contributed by atoms with van der Waals surface area (Å²) in [5, 5.41) is 1.74. The molecule has 30 heavy (non-hydrogen) atoms. The van der Waals surface area contributed by atoms with Crippen molar-refractivity contribution in [2.45, 2.75) is 38.1 Å². The molecule has 0 aliphatic carbocycles. The van der Waals surface area contributed by atoms with E-state index in [-0.39, 0.29) is 24.3 Å². The van der Waals surface area contributed by atoms with Gasteiger partial charge in [-0.25, -0.2) is 9.88 Å². The lowest BCUT2D eigenvalue weighted by atomic mass is 9.96. The molecule has 0 radical (unpaired) electrons. The van der Waals surface area contributed by atoms with Crippen molar-refractivity contribution in [1.29, 1.82) is 0 Å². The van der Waals surface area contributed by atoms with E-state index < -0.39 is 0 Å². The van der Waals surface area contributed by atoms with Crippen LogP contribution in [0, 0.1) is 6.92 Å². The number of hydrogen-bond acceptors (Lipinski definition) is 5. The number of hydrogen-bond donors (Lipinski definition) is 0. The van der Waals surface area contributed by atoms with Crippen LogP contribution in [0.3, 0.4) is 0 Å². The van der Waals surface area contributed by atoms with E-state index in [2.05, 4.69) is 17.0 Å². The number of carbonyl (C=O) groups is 2. The molecule has 7 heteroatoms. The number of rotatable bonds is 3. The molecule has 2 saturated heterocycles. The van der Waals surface area contributed by atoms with Crippen LogP contribution in [0.25, 0.3) is 10.2 Å². The van der Waals surface area contributed by atoms with Crippen molar-refractivity contribution in [3.63, 3.8) is 0 Å². The van der Waals surface area contributed by atoms with Crippen LogP contribution in [0.1, 0.15) is 35.8 Å². The lowest BCUT2D eigenvalue weighted by molar-refractivity contribution is -0.123. The number of halogens is 1. The third kappa shape index (κ3) is 3.43. The van der Waals surface area contributed by atoms with Crippen LogP contribution in [-0.4, -0.2) is 40.8 Å². The summed E-state index contributed by atoms with van der Waals surface area (Å²) in [6.45, 7) is 3.50. The summed E-state index contributed by atoms with van der Waals surface area (Å²) in [4.78, 5) is 34.0. The number of fused-ring (bicyclic) bond motifs is 1. The number of imide groups is 1. The van der Waals surface area contributed by atoms with Gasteiger partial charge in [0.25, 0.3) is 5.91 Å². The number of anilines is 1. The molecule has 0 N–H and O–H groups in total. The van der Waals surface area contributed by atoms with Crippen LogP contribution in [0.4, 0.5) is 5.69 Å². The Balaban J connectivity index is 1.28. The molecule has 0 bridgehead atoms. The summed E-state index contributed by atoms with van der Waals surface area (Å²) in [6, 6.07) is 13.2. The van der Waals surface area contributed by atoms with E-state index >= 15 is 0 Å². The Hall–Kier alpha value is -2.28. The summed E-state index contributed by atoms with van der Waals surface area (Å²) < 4.78 is 1.22. The molecule has 0 saturated carbocycles. The number of amides is 2. The number of piperidine rings is 1. The van der Waals surface area contributed by atoms with Gasteiger partial charge in [0.15, 0.2) is 0 Å². The predicted octanol–water partition coefficient (Wildman–Crippen LogP) is 4.77. The van der Waals surface area contributed by atoms with Crippen molar-refractivity contribution < 1.29 is 9.59 Å². The van der Waals surface area contributed by atoms with Gasteiger partial charge < -0.3 is 0 Å². The Kier molecular flexibility index (Phi) is 5.09. The molecule has 3 heterocycles. The molecule has 0 unspecified atom stereocenters. The van der Waals surface area contributed by atoms with E-state index in [1.165, 1.54) is 14.6 Å². The zero-order chi connectivity index (χ0) is 20.8. The van der Waals surface area contributed by atoms with E-state index in [1.54, 1.807) is 23.5 Å². The fourth-order valence-electron chi connectivity index (χ4n) is 4.42. The van der Waals surface area contributed by atoms with E-state index in [1.807, 2.05) is 25.1 Å².